The summed E-state index contributed by atoms with van der Waals surface area (Å²) >= 11 is 0. The number of rotatable bonds is 28. The molecule has 0 aromatic carbocycles. The third-order valence-electron chi connectivity index (χ3n) is 26.0. The lowest BCUT2D eigenvalue weighted by atomic mass is 9.94. The third-order valence-corrected chi connectivity index (χ3v) is 26.0. The Balaban J connectivity index is 0.771. The van der Waals surface area contributed by atoms with E-state index in [4.69, 9.17) is 109 Å². The second kappa shape index (κ2) is 45.4. The van der Waals surface area contributed by atoms with Gasteiger partial charge >= 0.3 is 0 Å². The second-order valence-corrected chi connectivity index (χ2v) is 35.7. The Morgan fingerprint density at radius 3 is 0.632 bits per heavy atom. The first kappa shape index (κ1) is 108. The van der Waals surface area contributed by atoms with Crippen LogP contribution >= 0.6 is 0 Å². The molecular weight excluding hydrogens is 1810 g/mol. The summed E-state index contributed by atoms with van der Waals surface area (Å²) in [5.74, 6) is -2.69. The maximum atomic E-state index is 13.5. The van der Waals surface area contributed by atoms with E-state index < -0.39 is 406 Å². The van der Waals surface area contributed by atoms with Crippen LogP contribution in [0.1, 0.15) is 83.1 Å². The van der Waals surface area contributed by atoms with Crippen molar-refractivity contribution in [2.75, 3.05) is 19.8 Å². The Hall–Kier alpha value is -3.55. The highest BCUT2D eigenvalue weighted by molar-refractivity contribution is 5.74. The molecular formula is C78H131N3O52. The fourth-order valence-electron chi connectivity index (χ4n) is 18.0. The lowest BCUT2D eigenvalue weighted by molar-refractivity contribution is -0.406. The summed E-state index contributed by atoms with van der Waals surface area (Å²) in [5.41, 5.74) is 0. The Morgan fingerprint density at radius 2 is 0.383 bits per heavy atom. The molecule has 12 aliphatic rings. The van der Waals surface area contributed by atoms with E-state index in [9.17, 15) is 147 Å². The molecule has 12 saturated heterocycles. The zero-order valence-corrected chi connectivity index (χ0v) is 74.0. The highest BCUT2D eigenvalue weighted by atomic mass is 16.8. The lowest BCUT2D eigenvalue weighted by Gasteiger charge is -2.51. The smallest absolute Gasteiger partial charge is 0.217 e. The minimum absolute atomic E-state index is 0.851. The molecule has 12 heterocycles. The van der Waals surface area contributed by atoms with E-state index in [2.05, 4.69) is 16.0 Å². The summed E-state index contributed by atoms with van der Waals surface area (Å²) in [6, 6.07) is -5.53. The van der Waals surface area contributed by atoms with Gasteiger partial charge in [0.25, 0.3) is 0 Å². The van der Waals surface area contributed by atoms with Gasteiger partial charge in [-0.1, -0.05) is 0 Å². The van der Waals surface area contributed by atoms with Crippen LogP contribution in [-0.4, -0.2) is 539 Å². The Kier molecular flexibility index (Phi) is 36.9. The molecule has 0 saturated carbocycles. The monoisotopic (exact) mass is 1940 g/mol. The number of amides is 3. The summed E-state index contributed by atoms with van der Waals surface area (Å²) < 4.78 is 139. The van der Waals surface area contributed by atoms with Gasteiger partial charge < -0.3 is 258 Å². The van der Waals surface area contributed by atoms with Crippen molar-refractivity contribution < 1.29 is 256 Å². The van der Waals surface area contributed by atoms with Gasteiger partial charge in [0.1, 0.15) is 238 Å². The summed E-state index contributed by atoms with van der Waals surface area (Å²) in [4.78, 5) is 39.6. The number of hydrogen-bond donors (Lipinski definition) is 29. The molecule has 770 valence electrons. The molecule has 0 aromatic heterocycles. The van der Waals surface area contributed by atoms with Crippen molar-refractivity contribution in [3.63, 3.8) is 0 Å². The fourth-order valence-corrected chi connectivity index (χ4v) is 18.0. The normalized spacial score (nSPS) is 53.6. The van der Waals surface area contributed by atoms with Crippen molar-refractivity contribution in [3.05, 3.63) is 0 Å². The van der Waals surface area contributed by atoms with Crippen LogP contribution in [0.25, 0.3) is 0 Å². The summed E-state index contributed by atoms with van der Waals surface area (Å²) in [7, 11) is 0. The van der Waals surface area contributed by atoms with Crippen molar-refractivity contribution in [3.8, 4) is 0 Å². The van der Waals surface area contributed by atoms with Crippen molar-refractivity contribution in [2.24, 2.45) is 0 Å². The zero-order chi connectivity index (χ0) is 97.9. The average Bonchev–Trinajstić information content (AvgIpc) is 0.767. The van der Waals surface area contributed by atoms with E-state index in [0.29, 0.717) is 0 Å². The number of aliphatic hydroxyl groups is 26. The Bertz CT molecular complexity index is 3690. The standard InChI is InChI=1S/C78H131N3O52/c1-16-35(89)47(101)61(67(110)111-16)128-76-62(48(102)36(90)20(5)117-76)129-69-32(80-26(11)86)57(44(98)29(14-83)121-69)124-72-54(108)59(41(95)23(8)113-72)126-75-66(52(106)40(94)19(4)116-75)133-78-64(50(104)38(92)22(7)119-78)131-70-33(81-27(12)87)58(45(99)30(15-84)122-70)125-73-55(109)60(42(96)24(9)114-73)127-74-65(51(105)39(93)18(3)115-74)132-77-63(49(103)37(91)21(6)118-77)130-68-31(79-25(10)85)56(43(97)28(13-82)120-68)123-71-53(107)46(100)34(88)17(2)112-71/h16-24,28-78,82-84,88-110H,13-15H2,1-12H3,(H,79,85)(H,80,86)(H,81,87)/t16-,17-,18-,19-,20-,21-,22-,23-,24-,28+,29+,30+,31-,32+,33+,34-,35-,36-,37-,38-,39-,40-,41-,42-,43+,44+,45+,46+,47+,48+,49+,50+,51+,52+,53+,54+,55+,56+,57+,58+,59+,60+,61+,62+,63+,64+,65+,66+,67?,68-,69-,70-,71-,72-,73-,74-,75-,76-,77-,78-/m0/s1. The van der Waals surface area contributed by atoms with Crippen molar-refractivity contribution >= 4 is 17.7 Å². The SMILES string of the molecule is CC(=O)N[C@@H]1[C@H](O[C@H]2[C@H](O[C@H]3[C@H](O[C@@H]4[C@@H](O)[C@H](C)O[C@@H](O[C@H]5[C@H](O)[C@@H](CO)O[C@@H](O[C@H]6[C@H](O[C@H]7[C@H](O[C@@H]8[C@@H](O)[C@H](C)O[C@@H](O[C@H]9[C@H](O)[C@@H](CO)O[C@@H](O[C@H]%10[C@H](O[C@H]%11C(O)O[C@@H](C)[C@H](O)[C@H]%11O)O[C@@H](C)[C@H](O)[C@H]%10O)[C@@H]9NC(C)=O)[C@@H]8O)O[C@@H](C)[C@H](O)[C@H]7O)O[C@@H](C)[C@H](O)[C@H]6O)[C@@H]5NC(C)=O)[C@@H]4O)O[C@@H](C)[C@H](O)[C@H]3O)O[C@@H](C)[C@H](O)[C@H]2O)O[C@H](CO)[C@@H](O)[C@@H]1O[C@@H]1O[C@@H](C)[C@H](O)[C@@H](O)[C@H]1O. The quantitative estimate of drug-likeness (QED) is 0.0346. The summed E-state index contributed by atoms with van der Waals surface area (Å²) in [5, 5.41) is 305. The number of carbonyl (C=O) groups excluding carboxylic acids is 3. The number of ether oxygens (including phenoxy) is 23. The molecule has 29 N–H and O–H groups in total. The molecule has 60 atom stereocenters. The molecule has 0 aliphatic carbocycles. The van der Waals surface area contributed by atoms with Gasteiger partial charge in [0.05, 0.1) is 74.8 Å². The minimum Gasteiger partial charge on any atom is -0.394 e. The van der Waals surface area contributed by atoms with Crippen LogP contribution in [0.2, 0.25) is 0 Å². The average molecular weight is 1940 g/mol. The van der Waals surface area contributed by atoms with Gasteiger partial charge in [-0.25, -0.2) is 0 Å². The molecule has 0 spiro atoms. The van der Waals surface area contributed by atoms with Crippen LogP contribution in [-0.2, 0) is 123 Å². The van der Waals surface area contributed by atoms with E-state index >= 15 is 0 Å². The van der Waals surface area contributed by atoms with Crippen LogP contribution in [0, 0.1) is 0 Å². The van der Waals surface area contributed by atoms with E-state index in [0.717, 1.165) is 20.8 Å². The summed E-state index contributed by atoms with van der Waals surface area (Å²) in [6.45, 7) is 11.2. The maximum absolute atomic E-state index is 13.5. The second-order valence-electron chi connectivity index (χ2n) is 35.7. The van der Waals surface area contributed by atoms with Gasteiger partial charge in [0.15, 0.2) is 75.5 Å². The van der Waals surface area contributed by atoms with Crippen LogP contribution < -0.4 is 16.0 Å². The number of nitrogens with one attached hydrogen (secondary N) is 3. The zero-order valence-electron chi connectivity index (χ0n) is 74.0. The first-order valence-electron chi connectivity index (χ1n) is 43.9. The first-order chi connectivity index (χ1) is 62.5. The number of aliphatic hydroxyl groups excluding tert-OH is 26. The van der Waals surface area contributed by atoms with Crippen LogP contribution in [0.4, 0.5) is 0 Å². The Morgan fingerprint density at radius 1 is 0.195 bits per heavy atom. The largest absolute Gasteiger partial charge is 0.394 e. The Labute approximate surface area is 758 Å². The predicted octanol–water partition coefficient (Wildman–Crippen LogP) is -17.5. The third kappa shape index (κ3) is 23.1. The minimum atomic E-state index is -2.33. The van der Waals surface area contributed by atoms with Gasteiger partial charge in [0, 0.05) is 20.8 Å². The molecule has 3 amide bonds. The van der Waals surface area contributed by atoms with E-state index in [-0.39, 0.29) is 0 Å². The maximum Gasteiger partial charge on any atom is 0.217 e. The molecule has 12 fully saturated rings. The first-order valence-corrected chi connectivity index (χ1v) is 43.9. The van der Waals surface area contributed by atoms with Gasteiger partial charge in [0.2, 0.25) is 17.7 Å². The van der Waals surface area contributed by atoms with Gasteiger partial charge in [-0.3, -0.25) is 14.4 Å². The highest BCUT2D eigenvalue weighted by Gasteiger charge is 2.63. The molecule has 12 aliphatic heterocycles. The lowest BCUT2D eigenvalue weighted by Crippen LogP contribution is -2.70. The fraction of sp³-hybridized carbons (Fsp3) is 0.962. The topological polar surface area (TPSA) is 826 Å². The van der Waals surface area contributed by atoms with Crippen LogP contribution in [0.3, 0.4) is 0 Å². The van der Waals surface area contributed by atoms with Crippen LogP contribution in [0.5, 0.6) is 0 Å². The van der Waals surface area contributed by atoms with E-state index in [1.165, 1.54) is 62.3 Å². The van der Waals surface area contributed by atoms with Gasteiger partial charge in [-0.15, -0.1) is 0 Å². The van der Waals surface area contributed by atoms with Crippen molar-refractivity contribution in [1.29, 1.82) is 0 Å². The molecule has 0 bridgehead atoms. The number of hydrogen-bond acceptors (Lipinski definition) is 52. The number of carbonyl (C=O) groups is 3. The summed E-state index contributed by atoms with van der Waals surface area (Å²) in [6.07, 6.45) is -108. The molecule has 1 unspecified atom stereocenters. The predicted molar refractivity (Wildman–Crippen MR) is 417 cm³/mol. The van der Waals surface area contributed by atoms with E-state index in [1.807, 2.05) is 0 Å². The van der Waals surface area contributed by atoms with Crippen LogP contribution in [0.15, 0.2) is 0 Å². The van der Waals surface area contributed by atoms with E-state index in [1.54, 1.807) is 0 Å². The van der Waals surface area contributed by atoms with Crippen molar-refractivity contribution in [2.45, 2.75) is 451 Å². The molecule has 0 radical (unpaired) electrons. The highest BCUT2D eigenvalue weighted by Crippen LogP contribution is 2.43. The van der Waals surface area contributed by atoms with Gasteiger partial charge in [-0.2, -0.15) is 0 Å². The molecule has 133 heavy (non-hydrogen) atoms. The molecule has 55 nitrogen and oxygen atoms in total. The van der Waals surface area contributed by atoms with Crippen molar-refractivity contribution in [1.82, 2.24) is 16.0 Å². The molecule has 12 rings (SSSR count). The molecule has 0 aromatic rings. The molecule has 55 heteroatoms. The van der Waals surface area contributed by atoms with Gasteiger partial charge in [-0.05, 0) is 62.3 Å².